The molecule has 3 nitrogen and oxygen atoms in total. The number of carbonyl (C=O) groups excluding carboxylic acids is 1. The molecule has 0 aliphatic carbocycles. The van der Waals surface area contributed by atoms with Gasteiger partial charge in [-0.15, -0.1) is 0 Å². The molecule has 1 rings (SSSR count). The van der Waals surface area contributed by atoms with E-state index >= 15 is 0 Å². The summed E-state index contributed by atoms with van der Waals surface area (Å²) in [5.74, 6) is -4.33. The monoisotopic (exact) mass is 232 g/mol. The summed E-state index contributed by atoms with van der Waals surface area (Å²) >= 11 is 0. The van der Waals surface area contributed by atoms with Crippen molar-refractivity contribution in [3.8, 4) is 0 Å². The third-order valence-corrected chi connectivity index (χ3v) is 2.02. The fourth-order valence-electron chi connectivity index (χ4n) is 1.17. The van der Waals surface area contributed by atoms with E-state index in [1.807, 2.05) is 0 Å². The molecule has 0 aliphatic rings. The molecule has 3 N–H and O–H groups in total. The highest BCUT2D eigenvalue weighted by Crippen LogP contribution is 2.15. The van der Waals surface area contributed by atoms with Gasteiger partial charge in [-0.2, -0.15) is 0 Å². The van der Waals surface area contributed by atoms with Gasteiger partial charge in [-0.05, 0) is 18.1 Å². The molecular formula is C10H11F3N2O. The molecule has 0 atom stereocenters. The van der Waals surface area contributed by atoms with Crippen LogP contribution in [-0.2, 0) is 11.2 Å². The van der Waals surface area contributed by atoms with Gasteiger partial charge in [0.1, 0.15) is 0 Å². The smallest absolute Gasteiger partial charge is 0.233 e. The molecule has 0 saturated carbocycles. The van der Waals surface area contributed by atoms with Gasteiger partial charge in [0, 0.05) is 6.54 Å². The summed E-state index contributed by atoms with van der Waals surface area (Å²) in [5.41, 5.74) is 5.04. The third kappa shape index (κ3) is 2.96. The Bertz CT molecular complexity index is 396. The Hall–Kier alpha value is -1.56. The highest BCUT2D eigenvalue weighted by molar-refractivity contribution is 5.77. The predicted octanol–water partition coefficient (Wildman–Crippen LogP) is 0.721. The van der Waals surface area contributed by atoms with Gasteiger partial charge in [-0.25, -0.2) is 13.2 Å². The van der Waals surface area contributed by atoms with Crippen LogP contribution in [0.4, 0.5) is 13.2 Å². The van der Waals surface area contributed by atoms with E-state index in [1.54, 1.807) is 0 Å². The van der Waals surface area contributed by atoms with Crippen LogP contribution in [0.2, 0.25) is 0 Å². The maximum Gasteiger partial charge on any atom is 0.233 e. The molecule has 0 aliphatic heterocycles. The highest BCUT2D eigenvalue weighted by Gasteiger charge is 2.12. The third-order valence-electron chi connectivity index (χ3n) is 2.02. The first-order valence-electron chi connectivity index (χ1n) is 4.65. The largest absolute Gasteiger partial charge is 0.355 e. The number of benzene rings is 1. The van der Waals surface area contributed by atoms with Crippen molar-refractivity contribution in [2.45, 2.75) is 6.42 Å². The lowest BCUT2D eigenvalue weighted by atomic mass is 10.1. The van der Waals surface area contributed by atoms with Crippen LogP contribution in [0.25, 0.3) is 0 Å². The number of carbonyl (C=O) groups is 1. The summed E-state index contributed by atoms with van der Waals surface area (Å²) in [7, 11) is 0. The number of nitrogens with two attached hydrogens (primary N) is 1. The number of hydrogen-bond donors (Lipinski definition) is 2. The summed E-state index contributed by atoms with van der Waals surface area (Å²) in [6.07, 6.45) is 0.0781. The van der Waals surface area contributed by atoms with Crippen LogP contribution in [0.5, 0.6) is 0 Å². The molecule has 88 valence electrons. The summed E-state index contributed by atoms with van der Waals surface area (Å²) in [4.78, 5) is 10.7. The minimum absolute atomic E-state index is 0.0104. The highest BCUT2D eigenvalue weighted by atomic mass is 19.2. The molecule has 0 bridgehead atoms. The van der Waals surface area contributed by atoms with Gasteiger partial charge in [0.15, 0.2) is 17.5 Å². The van der Waals surface area contributed by atoms with E-state index < -0.39 is 17.5 Å². The van der Waals surface area contributed by atoms with Gasteiger partial charge in [0.25, 0.3) is 0 Å². The van der Waals surface area contributed by atoms with E-state index in [-0.39, 0.29) is 31.0 Å². The van der Waals surface area contributed by atoms with E-state index in [2.05, 4.69) is 5.32 Å². The van der Waals surface area contributed by atoms with Crippen molar-refractivity contribution in [2.24, 2.45) is 5.73 Å². The Morgan fingerprint density at radius 1 is 1.25 bits per heavy atom. The minimum Gasteiger partial charge on any atom is -0.355 e. The summed E-state index contributed by atoms with van der Waals surface area (Å²) in [5, 5.41) is 2.40. The topological polar surface area (TPSA) is 55.1 Å². The van der Waals surface area contributed by atoms with Gasteiger partial charge in [0.2, 0.25) is 5.91 Å². The van der Waals surface area contributed by atoms with Crippen molar-refractivity contribution in [3.63, 3.8) is 0 Å². The van der Waals surface area contributed by atoms with Crippen LogP contribution in [0.3, 0.4) is 0 Å². The van der Waals surface area contributed by atoms with Crippen molar-refractivity contribution in [3.05, 3.63) is 35.1 Å². The zero-order valence-corrected chi connectivity index (χ0v) is 8.40. The van der Waals surface area contributed by atoms with Crippen molar-refractivity contribution >= 4 is 5.91 Å². The number of hydrogen-bond acceptors (Lipinski definition) is 2. The minimum atomic E-state index is -1.50. The van der Waals surface area contributed by atoms with E-state index in [1.165, 1.54) is 0 Å². The predicted molar refractivity (Wildman–Crippen MR) is 52.1 cm³/mol. The molecule has 0 radical (unpaired) electrons. The number of rotatable bonds is 4. The SMILES string of the molecule is NCC(=O)NCCc1ccc(F)c(F)c1F. The standard InChI is InChI=1S/C10H11F3N2O/c11-7-2-1-6(9(12)10(7)13)3-4-15-8(16)5-14/h1-2H,3-5,14H2,(H,15,16). The van der Waals surface area contributed by atoms with E-state index in [9.17, 15) is 18.0 Å². The fourth-order valence-corrected chi connectivity index (χ4v) is 1.17. The molecule has 16 heavy (non-hydrogen) atoms. The second-order valence-corrected chi connectivity index (χ2v) is 3.14. The summed E-state index contributed by atoms with van der Waals surface area (Å²) < 4.78 is 38.5. The van der Waals surface area contributed by atoms with Crippen LogP contribution >= 0.6 is 0 Å². The van der Waals surface area contributed by atoms with Gasteiger partial charge in [-0.1, -0.05) is 6.07 Å². The molecule has 1 amide bonds. The van der Waals surface area contributed by atoms with Crippen LogP contribution in [0.15, 0.2) is 12.1 Å². The van der Waals surface area contributed by atoms with Crippen LogP contribution in [0, 0.1) is 17.5 Å². The van der Waals surface area contributed by atoms with Gasteiger partial charge in [-0.3, -0.25) is 4.79 Å². The Morgan fingerprint density at radius 3 is 2.56 bits per heavy atom. The Balaban J connectivity index is 2.61. The first-order chi connectivity index (χ1) is 7.56. The number of amides is 1. The summed E-state index contributed by atoms with van der Waals surface area (Å²) in [6, 6.07) is 1.99. The molecule has 1 aromatic carbocycles. The Morgan fingerprint density at radius 2 is 1.94 bits per heavy atom. The lowest BCUT2D eigenvalue weighted by Gasteiger charge is -2.05. The normalized spacial score (nSPS) is 10.2. The molecule has 0 saturated heterocycles. The molecule has 0 fully saturated rings. The average Bonchev–Trinajstić information content (AvgIpc) is 2.29. The first-order valence-corrected chi connectivity index (χ1v) is 4.65. The summed E-state index contributed by atoms with van der Waals surface area (Å²) in [6.45, 7) is -0.0434. The van der Waals surface area contributed by atoms with E-state index in [0.717, 1.165) is 12.1 Å². The van der Waals surface area contributed by atoms with Crippen molar-refractivity contribution in [1.29, 1.82) is 0 Å². The van der Waals surface area contributed by atoms with E-state index in [0.29, 0.717) is 0 Å². The zero-order valence-electron chi connectivity index (χ0n) is 8.40. The molecule has 0 heterocycles. The average molecular weight is 232 g/mol. The zero-order chi connectivity index (χ0) is 12.1. The quantitative estimate of drug-likeness (QED) is 0.751. The van der Waals surface area contributed by atoms with Gasteiger partial charge >= 0.3 is 0 Å². The first kappa shape index (κ1) is 12.5. The van der Waals surface area contributed by atoms with Crippen molar-refractivity contribution in [2.75, 3.05) is 13.1 Å². The fraction of sp³-hybridized carbons (Fsp3) is 0.300. The number of halogens is 3. The Labute approximate surface area is 90.4 Å². The maximum atomic E-state index is 13.1. The molecule has 0 aromatic heterocycles. The molecule has 0 unspecified atom stereocenters. The van der Waals surface area contributed by atoms with Gasteiger partial charge < -0.3 is 11.1 Å². The molecule has 0 spiro atoms. The van der Waals surface area contributed by atoms with E-state index in [4.69, 9.17) is 5.73 Å². The lowest BCUT2D eigenvalue weighted by Crippen LogP contribution is -2.31. The number of nitrogens with one attached hydrogen (secondary N) is 1. The lowest BCUT2D eigenvalue weighted by molar-refractivity contribution is -0.119. The maximum absolute atomic E-state index is 13.1. The van der Waals surface area contributed by atoms with Crippen LogP contribution in [0.1, 0.15) is 5.56 Å². The van der Waals surface area contributed by atoms with Crippen LogP contribution in [-0.4, -0.2) is 19.0 Å². The van der Waals surface area contributed by atoms with Crippen molar-refractivity contribution < 1.29 is 18.0 Å². The van der Waals surface area contributed by atoms with Gasteiger partial charge in [0.05, 0.1) is 6.54 Å². The second kappa shape index (κ2) is 5.50. The molecular weight excluding hydrogens is 221 g/mol. The molecule has 1 aromatic rings. The molecule has 6 heteroatoms. The Kier molecular flexibility index (Phi) is 4.30. The van der Waals surface area contributed by atoms with Crippen LogP contribution < -0.4 is 11.1 Å². The van der Waals surface area contributed by atoms with Crippen molar-refractivity contribution in [1.82, 2.24) is 5.32 Å². The second-order valence-electron chi connectivity index (χ2n) is 3.14.